The van der Waals surface area contributed by atoms with Gasteiger partial charge in [-0.25, -0.2) is 4.79 Å². The Morgan fingerprint density at radius 1 is 1.43 bits per heavy atom. The number of rotatable bonds is 4. The van der Waals surface area contributed by atoms with Crippen molar-refractivity contribution in [3.05, 3.63) is 35.4 Å². The highest BCUT2D eigenvalue weighted by Crippen LogP contribution is 2.05. The van der Waals surface area contributed by atoms with Crippen LogP contribution in [0.25, 0.3) is 0 Å². The second kappa shape index (κ2) is 5.43. The van der Waals surface area contributed by atoms with Crippen LogP contribution in [0.4, 0.5) is 0 Å². The summed E-state index contributed by atoms with van der Waals surface area (Å²) in [6.45, 7) is 4.55. The molecule has 0 aliphatic carbocycles. The van der Waals surface area contributed by atoms with Crippen molar-refractivity contribution in [3.8, 4) is 0 Å². The van der Waals surface area contributed by atoms with Crippen molar-refractivity contribution in [1.29, 1.82) is 0 Å². The van der Waals surface area contributed by atoms with Crippen molar-refractivity contribution in [1.82, 2.24) is 0 Å². The van der Waals surface area contributed by atoms with Gasteiger partial charge in [-0.1, -0.05) is 31.0 Å². The van der Waals surface area contributed by atoms with Gasteiger partial charge in [0.2, 0.25) is 0 Å². The first-order chi connectivity index (χ1) is 6.74. The Bertz CT molecular complexity index is 305. The Labute approximate surface area is 84.9 Å². The van der Waals surface area contributed by atoms with E-state index in [2.05, 4.69) is 6.92 Å². The number of hydrogen-bond donors (Lipinski definition) is 0. The van der Waals surface area contributed by atoms with Crippen LogP contribution in [0.1, 0.15) is 35.7 Å². The monoisotopic (exact) mass is 192 g/mol. The predicted octanol–water partition coefficient (Wildman–Crippen LogP) is 2.95. The van der Waals surface area contributed by atoms with Crippen molar-refractivity contribution in [2.75, 3.05) is 6.61 Å². The molecular formula is C12H16O2. The molecule has 1 aromatic rings. The maximum atomic E-state index is 11.4. The molecule has 0 N–H and O–H groups in total. The molecule has 0 spiro atoms. The molecule has 76 valence electrons. The van der Waals surface area contributed by atoms with Crippen molar-refractivity contribution in [2.45, 2.75) is 26.7 Å². The summed E-state index contributed by atoms with van der Waals surface area (Å²) in [5.41, 5.74) is 1.72. The van der Waals surface area contributed by atoms with Crippen LogP contribution in [0.2, 0.25) is 0 Å². The summed E-state index contributed by atoms with van der Waals surface area (Å²) in [6, 6.07) is 7.45. The molecule has 0 saturated carbocycles. The van der Waals surface area contributed by atoms with Gasteiger partial charge in [0.25, 0.3) is 0 Å². The van der Waals surface area contributed by atoms with E-state index in [0.717, 1.165) is 18.4 Å². The number of hydrogen-bond acceptors (Lipinski definition) is 2. The highest BCUT2D eigenvalue weighted by molar-refractivity contribution is 5.89. The zero-order chi connectivity index (χ0) is 10.4. The van der Waals surface area contributed by atoms with Gasteiger partial charge in [0.05, 0.1) is 12.2 Å². The van der Waals surface area contributed by atoms with Gasteiger partial charge in [-0.15, -0.1) is 0 Å². The molecule has 0 aromatic heterocycles. The van der Waals surface area contributed by atoms with Crippen molar-refractivity contribution < 1.29 is 9.53 Å². The Kier molecular flexibility index (Phi) is 4.17. The quantitative estimate of drug-likeness (QED) is 0.541. The van der Waals surface area contributed by atoms with Crippen LogP contribution < -0.4 is 0 Å². The second-order valence-electron chi connectivity index (χ2n) is 3.36. The molecule has 2 heteroatoms. The molecule has 0 amide bonds. The molecule has 0 bridgehead atoms. The van der Waals surface area contributed by atoms with Crippen LogP contribution in [0, 0.1) is 6.92 Å². The summed E-state index contributed by atoms with van der Waals surface area (Å²) < 4.78 is 5.08. The minimum atomic E-state index is -0.220. The molecule has 0 saturated heterocycles. The molecule has 2 nitrogen and oxygen atoms in total. The lowest BCUT2D eigenvalue weighted by Gasteiger charge is -2.03. The fourth-order valence-electron chi connectivity index (χ4n) is 1.16. The summed E-state index contributed by atoms with van der Waals surface area (Å²) in [7, 11) is 0. The zero-order valence-corrected chi connectivity index (χ0v) is 8.75. The first-order valence-corrected chi connectivity index (χ1v) is 4.98. The maximum Gasteiger partial charge on any atom is 0.338 e. The topological polar surface area (TPSA) is 26.3 Å². The lowest BCUT2D eigenvalue weighted by molar-refractivity contribution is 0.0499. The van der Waals surface area contributed by atoms with E-state index in [1.165, 1.54) is 0 Å². The average Bonchev–Trinajstić information content (AvgIpc) is 2.18. The number of benzene rings is 1. The molecule has 0 fully saturated rings. The molecule has 0 aliphatic heterocycles. The lowest BCUT2D eigenvalue weighted by Crippen LogP contribution is -2.06. The summed E-state index contributed by atoms with van der Waals surface area (Å²) in [5.74, 6) is -0.220. The summed E-state index contributed by atoms with van der Waals surface area (Å²) in [5, 5.41) is 0. The van der Waals surface area contributed by atoms with Gasteiger partial charge in [0.1, 0.15) is 0 Å². The first-order valence-electron chi connectivity index (χ1n) is 4.98. The van der Waals surface area contributed by atoms with Gasteiger partial charge < -0.3 is 4.74 Å². The van der Waals surface area contributed by atoms with E-state index in [0.29, 0.717) is 12.2 Å². The molecule has 1 rings (SSSR count). The van der Waals surface area contributed by atoms with Crippen molar-refractivity contribution in [2.24, 2.45) is 0 Å². The SMILES string of the molecule is CCCCOC(=O)c1cccc(C)c1. The Morgan fingerprint density at radius 2 is 2.21 bits per heavy atom. The number of ether oxygens (including phenoxy) is 1. The fraction of sp³-hybridized carbons (Fsp3) is 0.417. The minimum absolute atomic E-state index is 0.220. The van der Waals surface area contributed by atoms with E-state index < -0.39 is 0 Å². The van der Waals surface area contributed by atoms with Crippen LogP contribution in [0.5, 0.6) is 0 Å². The normalized spacial score (nSPS) is 9.86. The molecule has 0 heterocycles. The van der Waals surface area contributed by atoms with E-state index >= 15 is 0 Å². The number of carbonyl (C=O) groups excluding carboxylic acids is 1. The van der Waals surface area contributed by atoms with Gasteiger partial charge in [-0.05, 0) is 25.5 Å². The van der Waals surface area contributed by atoms with Crippen LogP contribution in [-0.4, -0.2) is 12.6 Å². The Morgan fingerprint density at radius 3 is 2.86 bits per heavy atom. The van der Waals surface area contributed by atoms with Crippen molar-refractivity contribution in [3.63, 3.8) is 0 Å². The molecule has 0 radical (unpaired) electrons. The standard InChI is InChI=1S/C12H16O2/c1-3-4-8-14-12(13)11-7-5-6-10(2)9-11/h5-7,9H,3-4,8H2,1-2H3. The molecular weight excluding hydrogens is 176 g/mol. The van der Waals surface area contributed by atoms with Crippen LogP contribution in [0.3, 0.4) is 0 Å². The highest BCUT2D eigenvalue weighted by Gasteiger charge is 2.05. The van der Waals surface area contributed by atoms with Gasteiger partial charge >= 0.3 is 5.97 Å². The fourth-order valence-corrected chi connectivity index (χ4v) is 1.16. The average molecular weight is 192 g/mol. The zero-order valence-electron chi connectivity index (χ0n) is 8.75. The van der Waals surface area contributed by atoms with Gasteiger partial charge in [-0.3, -0.25) is 0 Å². The molecule has 1 aromatic carbocycles. The van der Waals surface area contributed by atoms with Crippen LogP contribution in [0.15, 0.2) is 24.3 Å². The largest absolute Gasteiger partial charge is 0.462 e. The van der Waals surface area contributed by atoms with E-state index in [4.69, 9.17) is 4.74 Å². The number of carbonyl (C=O) groups is 1. The smallest absolute Gasteiger partial charge is 0.338 e. The second-order valence-corrected chi connectivity index (χ2v) is 3.36. The van der Waals surface area contributed by atoms with E-state index in [9.17, 15) is 4.79 Å². The molecule has 0 unspecified atom stereocenters. The third kappa shape index (κ3) is 3.21. The lowest BCUT2D eigenvalue weighted by atomic mass is 10.1. The Hall–Kier alpha value is -1.31. The third-order valence-corrected chi connectivity index (χ3v) is 1.98. The van der Waals surface area contributed by atoms with Crippen LogP contribution >= 0.6 is 0 Å². The van der Waals surface area contributed by atoms with Gasteiger partial charge in [0.15, 0.2) is 0 Å². The number of esters is 1. The third-order valence-electron chi connectivity index (χ3n) is 1.98. The Balaban J connectivity index is 2.52. The summed E-state index contributed by atoms with van der Waals surface area (Å²) in [6.07, 6.45) is 1.97. The number of unbranched alkanes of at least 4 members (excludes halogenated alkanes) is 1. The van der Waals surface area contributed by atoms with E-state index in [-0.39, 0.29) is 5.97 Å². The molecule has 14 heavy (non-hydrogen) atoms. The molecule has 0 aliphatic rings. The molecule has 0 atom stereocenters. The summed E-state index contributed by atoms with van der Waals surface area (Å²) in [4.78, 5) is 11.4. The van der Waals surface area contributed by atoms with E-state index in [1.807, 2.05) is 25.1 Å². The van der Waals surface area contributed by atoms with Crippen LogP contribution in [-0.2, 0) is 4.74 Å². The van der Waals surface area contributed by atoms with Gasteiger partial charge in [-0.2, -0.15) is 0 Å². The minimum Gasteiger partial charge on any atom is -0.462 e. The summed E-state index contributed by atoms with van der Waals surface area (Å²) >= 11 is 0. The maximum absolute atomic E-state index is 11.4. The highest BCUT2D eigenvalue weighted by atomic mass is 16.5. The number of aryl methyl sites for hydroxylation is 1. The van der Waals surface area contributed by atoms with Crippen molar-refractivity contribution >= 4 is 5.97 Å². The first kappa shape index (κ1) is 10.8. The van der Waals surface area contributed by atoms with E-state index in [1.54, 1.807) is 6.07 Å². The predicted molar refractivity (Wildman–Crippen MR) is 56.4 cm³/mol. The van der Waals surface area contributed by atoms with Gasteiger partial charge in [0, 0.05) is 0 Å².